The number of rotatable bonds is 25. The first-order valence-corrected chi connectivity index (χ1v) is 27.1. The van der Waals surface area contributed by atoms with Crippen LogP contribution in [0.25, 0.3) is 0 Å². The van der Waals surface area contributed by atoms with Crippen LogP contribution in [0.15, 0.2) is 47.6 Å². The summed E-state index contributed by atoms with van der Waals surface area (Å²) in [6.45, 7) is 1.69. The zero-order valence-electron chi connectivity index (χ0n) is 43.1. The molecule has 3 aromatic rings. The molecule has 11 unspecified atom stereocenters. The van der Waals surface area contributed by atoms with Gasteiger partial charge in [-0.05, 0) is 62.8 Å². The number of phenols is 2. The van der Waals surface area contributed by atoms with Gasteiger partial charge in [0.2, 0.25) is 10.9 Å². The molecule has 0 radical (unpaired) electrons. The number of carbonyl (C=O) groups excluding carboxylic acids is 3. The Bertz CT molecular complexity index is 2860. The van der Waals surface area contributed by atoms with Gasteiger partial charge in [-0.1, -0.05) is 24.3 Å². The number of aliphatic hydroxyl groups excluding tert-OH is 4. The van der Waals surface area contributed by atoms with E-state index in [2.05, 4.69) is 26.7 Å². The third-order valence-electron chi connectivity index (χ3n) is 14.4. The number of thiocarbonyl (C=S) groups is 1. The van der Waals surface area contributed by atoms with Gasteiger partial charge in [0, 0.05) is 74.5 Å². The molecule has 2 aliphatic carbocycles. The van der Waals surface area contributed by atoms with Crippen LogP contribution in [0.2, 0.25) is 0 Å². The molecule has 15 N–H and O–H groups in total. The number of carboxylic acids is 1. The topological polar surface area (TPSA) is 418 Å². The smallest absolute Gasteiger partial charge is 0.357 e. The molecule has 2 fully saturated rings. The number of carboxylic acid groups (broad SMARTS) is 1. The Morgan fingerprint density at radius 3 is 2.47 bits per heavy atom. The lowest BCUT2D eigenvalue weighted by Crippen LogP contribution is -2.62. The normalized spacial score (nSPS) is 25.9. The number of aromatic hydroxyl groups is 2. The van der Waals surface area contributed by atoms with Crippen LogP contribution in [0.3, 0.4) is 0 Å². The van der Waals surface area contributed by atoms with Gasteiger partial charge in [0.05, 0.1) is 67.3 Å². The maximum absolute atomic E-state index is 14.2. The second kappa shape index (κ2) is 25.4. The fraction of sp³-hybridized carbons (Fsp3) is 0.520. The van der Waals surface area contributed by atoms with Crippen molar-refractivity contribution in [2.45, 2.75) is 119 Å². The number of nitrogens with one attached hydrogen (secondary N) is 4. The van der Waals surface area contributed by atoms with Crippen LogP contribution in [-0.2, 0) is 41.3 Å². The fourth-order valence-corrected chi connectivity index (χ4v) is 11.5. The SMILES string of the molecule is COc1cccc2c1C(=O)c1c(O)c3c(c(O)c1C2=O)CC(O)(/C(C=O)=N\NC(=S)NNCc1cccc(OCCCN(C)CCC(O)(C2C(O)OC2CO)P(=O)(O)O)c1)CC3OC1CC(NC(O)CCC(=O)O)C(O)C(C)O1. The lowest BCUT2D eigenvalue weighted by atomic mass is 9.71. The number of aldehydes is 1. The zero-order chi connectivity index (χ0) is 57.7. The van der Waals surface area contributed by atoms with Crippen molar-refractivity contribution in [3.05, 3.63) is 81.4 Å². The van der Waals surface area contributed by atoms with Gasteiger partial charge in [-0.2, -0.15) is 5.10 Å². The molecule has 0 bridgehead atoms. The van der Waals surface area contributed by atoms with Gasteiger partial charge in [-0.25, -0.2) is 5.43 Å². The van der Waals surface area contributed by atoms with Crippen LogP contribution in [0, 0.1) is 5.92 Å². The Morgan fingerprint density at radius 2 is 1.80 bits per heavy atom. The number of carbonyl (C=O) groups is 4. The summed E-state index contributed by atoms with van der Waals surface area (Å²) < 4.78 is 40.8. The lowest BCUT2D eigenvalue weighted by Gasteiger charge is -2.49. The average molecular weight is 1150 g/mol. The van der Waals surface area contributed by atoms with Crippen molar-refractivity contribution >= 4 is 54.5 Å². The average Bonchev–Trinajstić information content (AvgIpc) is 3.55. The summed E-state index contributed by atoms with van der Waals surface area (Å²) in [5.41, 5.74) is 3.87. The van der Waals surface area contributed by atoms with Gasteiger partial charge in [-0.3, -0.25) is 39.9 Å². The Labute approximate surface area is 457 Å². The largest absolute Gasteiger partial charge is 0.507 e. The molecule has 2 saturated heterocycles. The highest BCUT2D eigenvalue weighted by Crippen LogP contribution is 2.59. The van der Waals surface area contributed by atoms with Crippen LogP contribution in [0.5, 0.6) is 23.0 Å². The molecule has 0 amide bonds. The summed E-state index contributed by atoms with van der Waals surface area (Å²) in [6, 6.07) is 10.3. The number of hydrogen-bond acceptors (Lipinski definition) is 23. The molecule has 432 valence electrons. The predicted molar refractivity (Wildman–Crippen MR) is 278 cm³/mol. The molecule has 27 nitrogen and oxygen atoms in total. The fourth-order valence-electron chi connectivity index (χ4n) is 10.3. The summed E-state index contributed by atoms with van der Waals surface area (Å²) in [4.78, 5) is 74.0. The predicted octanol–water partition coefficient (Wildman–Crippen LogP) is -0.739. The van der Waals surface area contributed by atoms with E-state index >= 15 is 0 Å². The minimum absolute atomic E-state index is 0.0168. The Kier molecular flexibility index (Phi) is 19.6. The van der Waals surface area contributed by atoms with Crippen molar-refractivity contribution in [1.29, 1.82) is 0 Å². The van der Waals surface area contributed by atoms with Gasteiger partial charge >= 0.3 is 13.6 Å². The molecule has 0 saturated carbocycles. The van der Waals surface area contributed by atoms with Crippen molar-refractivity contribution < 1.29 is 103 Å². The van der Waals surface area contributed by atoms with E-state index in [4.69, 9.17) is 41.0 Å². The number of benzene rings is 3. The van der Waals surface area contributed by atoms with Crippen LogP contribution < -0.4 is 31.1 Å². The standard InChI is InChI=1S/C50H65N6O21PS/c1-24-42(62)29(52-34(59)11-12-35(60)61)18-36(75-24)76-31-20-49(68,19-28-38(31)46(66)40-39(44(28)64)43(63)27-9-5-10-30(73-3)37(27)45(40)65)33(23-58)53-55-48(79)54-51-21-25-7-4-8-26(17-25)74-16-6-14-56(2)15-13-50(69,78(70,71)72)41-32(22-57)77-47(41)67/h4-5,7-10,17,23-24,29,31-32,34,36,41-42,47,51-52,57,59,62,64,66-69H,6,11-16,18-22H2,1-3H3,(H,60,61)(H2,54,55,79)(H2,70,71,72)/b53-33-. The number of ketones is 2. The van der Waals surface area contributed by atoms with Crippen molar-refractivity contribution in [3.8, 4) is 23.0 Å². The second-order valence-electron chi connectivity index (χ2n) is 19.8. The molecule has 4 aliphatic rings. The number of aliphatic carboxylic acids is 1. The van der Waals surface area contributed by atoms with Crippen molar-refractivity contribution in [1.82, 2.24) is 26.5 Å². The number of ether oxygens (including phenoxy) is 5. The summed E-state index contributed by atoms with van der Waals surface area (Å²) in [5.74, 6) is -5.33. The van der Waals surface area contributed by atoms with Crippen LogP contribution in [-0.4, -0.2) is 190 Å². The molecule has 29 heteroatoms. The van der Waals surface area contributed by atoms with E-state index in [0.29, 0.717) is 18.7 Å². The van der Waals surface area contributed by atoms with Crippen molar-refractivity contribution in [3.63, 3.8) is 0 Å². The molecule has 0 spiro atoms. The highest BCUT2D eigenvalue weighted by molar-refractivity contribution is 7.80. The van der Waals surface area contributed by atoms with E-state index in [0.717, 1.165) is 5.56 Å². The molecular weight excluding hydrogens is 1080 g/mol. The number of phenolic OH excluding ortho intramolecular Hbond substituents is 2. The lowest BCUT2D eigenvalue weighted by molar-refractivity contribution is -0.319. The summed E-state index contributed by atoms with van der Waals surface area (Å²) in [6.07, 6.45) is -11.1. The van der Waals surface area contributed by atoms with Gasteiger partial charge in [0.15, 0.2) is 30.0 Å². The second-order valence-corrected chi connectivity index (χ2v) is 22.0. The third-order valence-corrected chi connectivity index (χ3v) is 16.2. The first kappa shape index (κ1) is 61.0. The quantitative estimate of drug-likeness (QED) is 0.00568. The first-order chi connectivity index (χ1) is 37.4. The van der Waals surface area contributed by atoms with Crippen molar-refractivity contribution in [2.24, 2.45) is 11.0 Å². The number of aliphatic hydroxyl groups is 6. The maximum atomic E-state index is 14.2. The van der Waals surface area contributed by atoms with E-state index in [1.807, 2.05) is 0 Å². The van der Waals surface area contributed by atoms with Crippen LogP contribution >= 0.6 is 19.8 Å². The first-order valence-electron chi connectivity index (χ1n) is 25.0. The number of hydrazone groups is 1. The summed E-state index contributed by atoms with van der Waals surface area (Å²) in [5, 5.41) is 102. The van der Waals surface area contributed by atoms with Crippen LogP contribution in [0.1, 0.15) is 100 Å². The minimum atomic E-state index is -5.16. The molecular formula is C50H65N6O21PS. The minimum Gasteiger partial charge on any atom is -0.507 e. The maximum Gasteiger partial charge on any atom is 0.357 e. The Hall–Kier alpha value is -5.63. The highest BCUT2D eigenvalue weighted by atomic mass is 32.1. The van der Waals surface area contributed by atoms with E-state index in [1.54, 1.807) is 36.2 Å². The van der Waals surface area contributed by atoms with E-state index in [1.165, 1.54) is 32.2 Å². The van der Waals surface area contributed by atoms with Gasteiger partial charge < -0.3 is 84.3 Å². The molecule has 2 aliphatic heterocycles. The van der Waals surface area contributed by atoms with E-state index in [9.17, 15) is 74.4 Å². The van der Waals surface area contributed by atoms with E-state index < -0.39 is 145 Å². The van der Waals surface area contributed by atoms with E-state index in [-0.39, 0.29) is 78.4 Å². The molecule has 2 heterocycles. The van der Waals surface area contributed by atoms with Gasteiger partial charge in [0.25, 0.3) is 0 Å². The Balaban J connectivity index is 1.01. The zero-order valence-corrected chi connectivity index (χ0v) is 44.8. The number of hydrazine groups is 1. The summed E-state index contributed by atoms with van der Waals surface area (Å²) in [7, 11) is -2.19. The summed E-state index contributed by atoms with van der Waals surface area (Å²) >= 11 is 5.39. The van der Waals surface area contributed by atoms with Crippen LogP contribution in [0.4, 0.5) is 0 Å². The molecule has 0 aromatic heterocycles. The number of methoxy groups -OCH3 is 1. The molecule has 3 aromatic carbocycles. The highest BCUT2D eigenvalue weighted by Gasteiger charge is 2.62. The monoisotopic (exact) mass is 1150 g/mol. The molecule has 7 rings (SSSR count). The molecule has 11 atom stereocenters. The van der Waals surface area contributed by atoms with Crippen molar-refractivity contribution in [2.75, 3.05) is 40.5 Å². The number of nitrogens with zero attached hydrogens (tertiary/aromatic N) is 2. The molecule has 79 heavy (non-hydrogen) atoms. The van der Waals surface area contributed by atoms with Gasteiger partial charge in [0.1, 0.15) is 40.5 Å². The van der Waals surface area contributed by atoms with Gasteiger partial charge in [-0.15, -0.1) is 0 Å². The number of hydrogen-bond donors (Lipinski definition) is 15. The third kappa shape index (κ3) is 13.3. The number of fused-ring (bicyclic) bond motifs is 3. The Morgan fingerprint density at radius 1 is 1.08 bits per heavy atom.